The summed E-state index contributed by atoms with van der Waals surface area (Å²) in [5.74, 6) is -1.38. The number of aromatic nitrogens is 2. The smallest absolute Gasteiger partial charge is 0.335 e. The van der Waals surface area contributed by atoms with Gasteiger partial charge in [-0.2, -0.15) is 0 Å². The highest BCUT2D eigenvalue weighted by Crippen LogP contribution is 2.11. The number of carboxylic acids is 1. The molecule has 0 radical (unpaired) electrons. The number of hydrogen-bond donors (Lipinski definition) is 3. The number of nitrogens with one attached hydrogen (secondary N) is 2. The molecule has 1 aromatic heterocycles. The SMILES string of the molecule is CC(=O)NCCn1c(=O)c(=O)[nH]c2cc(C(=O)O)ccc21. The first-order valence-electron chi connectivity index (χ1n) is 6.15. The summed E-state index contributed by atoms with van der Waals surface area (Å²) in [4.78, 5) is 47.6. The van der Waals surface area contributed by atoms with E-state index in [9.17, 15) is 19.2 Å². The van der Waals surface area contributed by atoms with Crippen LogP contribution in [0.3, 0.4) is 0 Å². The molecule has 0 bridgehead atoms. The summed E-state index contributed by atoms with van der Waals surface area (Å²) in [7, 11) is 0. The second kappa shape index (κ2) is 5.61. The summed E-state index contributed by atoms with van der Waals surface area (Å²) in [5, 5.41) is 11.5. The molecule has 21 heavy (non-hydrogen) atoms. The molecule has 2 rings (SSSR count). The Morgan fingerprint density at radius 2 is 2.05 bits per heavy atom. The van der Waals surface area contributed by atoms with Gasteiger partial charge in [-0.15, -0.1) is 0 Å². The molecule has 8 nitrogen and oxygen atoms in total. The largest absolute Gasteiger partial charge is 0.478 e. The van der Waals surface area contributed by atoms with Crippen LogP contribution in [0.2, 0.25) is 0 Å². The van der Waals surface area contributed by atoms with Gasteiger partial charge in [0.05, 0.1) is 16.6 Å². The zero-order chi connectivity index (χ0) is 15.6. The van der Waals surface area contributed by atoms with Gasteiger partial charge < -0.3 is 20.0 Å². The minimum atomic E-state index is -1.13. The Morgan fingerprint density at radius 1 is 1.33 bits per heavy atom. The molecule has 0 aliphatic carbocycles. The van der Waals surface area contributed by atoms with Crippen LogP contribution in [-0.4, -0.2) is 33.1 Å². The van der Waals surface area contributed by atoms with Crippen LogP contribution in [0, 0.1) is 0 Å². The van der Waals surface area contributed by atoms with Gasteiger partial charge in [-0.3, -0.25) is 14.4 Å². The molecule has 0 fully saturated rings. The third kappa shape index (κ3) is 2.99. The molecule has 0 saturated heterocycles. The van der Waals surface area contributed by atoms with Crippen LogP contribution >= 0.6 is 0 Å². The molecule has 2 aromatic rings. The third-order valence-corrected chi connectivity index (χ3v) is 2.93. The number of amides is 1. The number of hydrogen-bond acceptors (Lipinski definition) is 4. The van der Waals surface area contributed by atoms with Crippen molar-refractivity contribution >= 4 is 22.9 Å². The van der Waals surface area contributed by atoms with Crippen LogP contribution in [0.25, 0.3) is 11.0 Å². The lowest BCUT2D eigenvalue weighted by Crippen LogP contribution is -2.38. The van der Waals surface area contributed by atoms with Crippen LogP contribution in [0.5, 0.6) is 0 Å². The van der Waals surface area contributed by atoms with E-state index < -0.39 is 17.1 Å². The van der Waals surface area contributed by atoms with Gasteiger partial charge in [-0.1, -0.05) is 0 Å². The molecule has 0 spiro atoms. The summed E-state index contributed by atoms with van der Waals surface area (Å²) < 4.78 is 1.20. The zero-order valence-electron chi connectivity index (χ0n) is 11.2. The Balaban J connectivity index is 2.54. The number of aromatic amines is 1. The van der Waals surface area contributed by atoms with E-state index >= 15 is 0 Å². The molecular formula is C13H13N3O5. The Kier molecular flexibility index (Phi) is 3.88. The molecule has 0 saturated carbocycles. The fourth-order valence-corrected chi connectivity index (χ4v) is 1.98. The molecular weight excluding hydrogens is 278 g/mol. The number of nitrogens with zero attached hydrogens (tertiary/aromatic N) is 1. The first-order valence-corrected chi connectivity index (χ1v) is 6.15. The topological polar surface area (TPSA) is 121 Å². The van der Waals surface area contributed by atoms with E-state index in [1.807, 2.05) is 0 Å². The van der Waals surface area contributed by atoms with E-state index in [4.69, 9.17) is 5.11 Å². The van der Waals surface area contributed by atoms with Gasteiger partial charge in [0.2, 0.25) is 5.91 Å². The maximum atomic E-state index is 11.9. The Bertz CT molecular complexity index is 834. The van der Waals surface area contributed by atoms with Gasteiger partial charge in [0.25, 0.3) is 0 Å². The van der Waals surface area contributed by atoms with Gasteiger partial charge in [-0.05, 0) is 18.2 Å². The van der Waals surface area contributed by atoms with Crippen molar-refractivity contribution in [2.24, 2.45) is 0 Å². The van der Waals surface area contributed by atoms with Crippen molar-refractivity contribution in [3.8, 4) is 0 Å². The standard InChI is InChI=1S/C13H13N3O5/c1-7(17)14-4-5-16-10-3-2-8(13(20)21)6-9(10)15-11(18)12(16)19/h2-3,6H,4-5H2,1H3,(H,14,17)(H,15,18)(H,20,21). The van der Waals surface area contributed by atoms with Crippen molar-refractivity contribution in [2.75, 3.05) is 6.54 Å². The number of aromatic carboxylic acids is 1. The van der Waals surface area contributed by atoms with Crippen molar-refractivity contribution in [3.05, 3.63) is 44.5 Å². The average molecular weight is 291 g/mol. The maximum absolute atomic E-state index is 11.9. The highest BCUT2D eigenvalue weighted by molar-refractivity contribution is 5.92. The van der Waals surface area contributed by atoms with Crippen LogP contribution in [-0.2, 0) is 11.3 Å². The summed E-state index contributed by atoms with van der Waals surface area (Å²) >= 11 is 0. The predicted octanol–water partition coefficient (Wildman–Crippen LogP) is -0.476. The minimum Gasteiger partial charge on any atom is -0.478 e. The molecule has 3 N–H and O–H groups in total. The Labute approximate surface area is 118 Å². The summed E-state index contributed by atoms with van der Waals surface area (Å²) in [6, 6.07) is 4.08. The lowest BCUT2D eigenvalue weighted by molar-refractivity contribution is -0.118. The quantitative estimate of drug-likeness (QED) is 0.657. The minimum absolute atomic E-state index is 0.00482. The van der Waals surface area contributed by atoms with Gasteiger partial charge in [-0.25, -0.2) is 4.79 Å². The van der Waals surface area contributed by atoms with E-state index in [2.05, 4.69) is 10.3 Å². The van der Waals surface area contributed by atoms with Crippen molar-refractivity contribution < 1.29 is 14.7 Å². The van der Waals surface area contributed by atoms with Crippen molar-refractivity contribution in [2.45, 2.75) is 13.5 Å². The van der Waals surface area contributed by atoms with E-state index in [0.717, 1.165) is 0 Å². The number of carbonyl (C=O) groups is 2. The average Bonchev–Trinajstić information content (AvgIpc) is 2.42. The van der Waals surface area contributed by atoms with Gasteiger partial charge in [0, 0.05) is 20.0 Å². The molecule has 1 aromatic carbocycles. The monoisotopic (exact) mass is 291 g/mol. The second-order valence-corrected chi connectivity index (χ2v) is 4.43. The van der Waals surface area contributed by atoms with E-state index in [0.29, 0.717) is 5.52 Å². The van der Waals surface area contributed by atoms with Crippen molar-refractivity contribution in [1.82, 2.24) is 14.9 Å². The van der Waals surface area contributed by atoms with Gasteiger partial charge in [0.15, 0.2) is 0 Å². The van der Waals surface area contributed by atoms with Crippen molar-refractivity contribution in [1.29, 1.82) is 0 Å². The van der Waals surface area contributed by atoms with E-state index in [-0.39, 0.29) is 30.1 Å². The summed E-state index contributed by atoms with van der Waals surface area (Å²) in [6.07, 6.45) is 0. The maximum Gasteiger partial charge on any atom is 0.335 e. The first kappa shape index (κ1) is 14.5. The number of benzene rings is 1. The molecule has 0 unspecified atom stereocenters. The Hall–Kier alpha value is -2.90. The summed E-state index contributed by atoms with van der Waals surface area (Å²) in [5.41, 5.74) is -0.939. The molecule has 1 amide bonds. The molecule has 8 heteroatoms. The third-order valence-electron chi connectivity index (χ3n) is 2.93. The molecule has 1 heterocycles. The molecule has 110 valence electrons. The van der Waals surface area contributed by atoms with Crippen LogP contribution in [0.15, 0.2) is 27.8 Å². The van der Waals surface area contributed by atoms with Crippen LogP contribution in [0.4, 0.5) is 0 Å². The number of rotatable bonds is 4. The van der Waals surface area contributed by atoms with Crippen LogP contribution < -0.4 is 16.4 Å². The number of fused-ring (bicyclic) bond motifs is 1. The predicted molar refractivity (Wildman–Crippen MR) is 74.5 cm³/mol. The highest BCUT2D eigenvalue weighted by atomic mass is 16.4. The van der Waals surface area contributed by atoms with Gasteiger partial charge in [0.1, 0.15) is 0 Å². The fraction of sp³-hybridized carbons (Fsp3) is 0.231. The molecule has 0 aliphatic heterocycles. The highest BCUT2D eigenvalue weighted by Gasteiger charge is 2.10. The number of H-pyrrole nitrogens is 1. The number of carboxylic acid groups (broad SMARTS) is 1. The fourth-order valence-electron chi connectivity index (χ4n) is 1.98. The van der Waals surface area contributed by atoms with E-state index in [1.165, 1.54) is 29.7 Å². The molecule has 0 aliphatic rings. The second-order valence-electron chi connectivity index (χ2n) is 4.43. The lowest BCUT2D eigenvalue weighted by atomic mass is 10.2. The lowest BCUT2D eigenvalue weighted by Gasteiger charge is -2.10. The number of carbonyl (C=O) groups excluding carboxylic acids is 1. The normalized spacial score (nSPS) is 10.5. The van der Waals surface area contributed by atoms with E-state index in [1.54, 1.807) is 0 Å². The summed E-state index contributed by atoms with van der Waals surface area (Å²) in [6.45, 7) is 1.65. The van der Waals surface area contributed by atoms with Gasteiger partial charge >= 0.3 is 17.1 Å². The van der Waals surface area contributed by atoms with Crippen molar-refractivity contribution in [3.63, 3.8) is 0 Å². The first-order chi connectivity index (χ1) is 9.90. The Morgan fingerprint density at radius 3 is 2.67 bits per heavy atom. The zero-order valence-corrected chi connectivity index (χ0v) is 11.2. The van der Waals surface area contributed by atoms with Crippen LogP contribution in [0.1, 0.15) is 17.3 Å². The molecule has 0 atom stereocenters.